The molecular weight excluding hydrogens is 120 g/mol. The Kier molecular flexibility index (Phi) is 2.73. The topological polar surface area (TPSA) is 0 Å². The van der Waals surface area contributed by atoms with Crippen molar-refractivity contribution in [2.75, 3.05) is 0 Å². The van der Waals surface area contributed by atoms with E-state index in [9.17, 15) is 0 Å². The second kappa shape index (κ2) is 3.60. The van der Waals surface area contributed by atoms with Crippen LogP contribution in [0.5, 0.6) is 0 Å². The summed E-state index contributed by atoms with van der Waals surface area (Å²) in [5, 5.41) is 0. The first-order valence-electron chi connectivity index (χ1n) is 4.13. The summed E-state index contributed by atoms with van der Waals surface area (Å²) in [5.41, 5.74) is 3.32. The number of rotatable bonds is 2. The zero-order valence-corrected chi connectivity index (χ0v) is 6.98. The van der Waals surface area contributed by atoms with E-state index < -0.39 is 0 Å². The molecule has 0 aromatic rings. The summed E-state index contributed by atoms with van der Waals surface area (Å²) in [5.74, 6) is 0. The maximum Gasteiger partial charge on any atom is -0.0136 e. The lowest BCUT2D eigenvalue weighted by atomic mass is 10.1. The van der Waals surface area contributed by atoms with Crippen LogP contribution in [0.2, 0.25) is 0 Å². The number of allylic oxidation sites excluding steroid dienone is 4. The number of hydrogen-bond donors (Lipinski definition) is 0. The Morgan fingerprint density at radius 3 is 2.70 bits per heavy atom. The first-order chi connectivity index (χ1) is 4.84. The SMILES string of the molecule is C/C=C\CC1=C(C)CCC1. The van der Waals surface area contributed by atoms with E-state index in [-0.39, 0.29) is 0 Å². The lowest BCUT2D eigenvalue weighted by molar-refractivity contribution is 0.884. The smallest absolute Gasteiger partial charge is 0.0136 e. The first-order valence-corrected chi connectivity index (χ1v) is 4.13. The van der Waals surface area contributed by atoms with Crippen molar-refractivity contribution in [3.05, 3.63) is 23.3 Å². The third-order valence-corrected chi connectivity index (χ3v) is 2.23. The van der Waals surface area contributed by atoms with Crippen molar-refractivity contribution in [2.24, 2.45) is 0 Å². The maximum atomic E-state index is 2.27. The normalized spacial score (nSPS) is 19.4. The van der Waals surface area contributed by atoms with Crippen LogP contribution in [0, 0.1) is 0 Å². The van der Waals surface area contributed by atoms with Crippen molar-refractivity contribution in [3.63, 3.8) is 0 Å². The molecule has 0 spiro atoms. The molecule has 0 heterocycles. The van der Waals surface area contributed by atoms with Crippen LogP contribution in [0.3, 0.4) is 0 Å². The number of hydrogen-bond acceptors (Lipinski definition) is 0. The summed E-state index contributed by atoms with van der Waals surface area (Å²) in [7, 11) is 0. The lowest BCUT2D eigenvalue weighted by Gasteiger charge is -1.96. The molecule has 0 saturated carbocycles. The molecule has 1 aliphatic carbocycles. The average molecular weight is 136 g/mol. The standard InChI is InChI=1S/C10H16/c1-3-4-7-10-8-5-6-9(10)2/h3-4H,5-8H2,1-2H3/b4-3-. The Morgan fingerprint density at radius 2 is 2.20 bits per heavy atom. The molecule has 56 valence electrons. The molecule has 0 aromatic heterocycles. The molecule has 0 saturated heterocycles. The van der Waals surface area contributed by atoms with Gasteiger partial charge in [-0.25, -0.2) is 0 Å². The van der Waals surface area contributed by atoms with Crippen molar-refractivity contribution in [1.29, 1.82) is 0 Å². The Hall–Kier alpha value is -0.520. The molecule has 0 aromatic carbocycles. The van der Waals surface area contributed by atoms with E-state index in [2.05, 4.69) is 26.0 Å². The molecule has 0 fully saturated rings. The van der Waals surface area contributed by atoms with Gasteiger partial charge in [-0.15, -0.1) is 0 Å². The molecule has 10 heavy (non-hydrogen) atoms. The predicted octanol–water partition coefficient (Wildman–Crippen LogP) is 3.45. The molecule has 1 aliphatic rings. The average Bonchev–Trinajstić information content (AvgIpc) is 2.31. The Morgan fingerprint density at radius 1 is 1.40 bits per heavy atom. The highest BCUT2D eigenvalue weighted by molar-refractivity contribution is 5.19. The summed E-state index contributed by atoms with van der Waals surface area (Å²) in [6.07, 6.45) is 9.66. The molecule has 0 bridgehead atoms. The van der Waals surface area contributed by atoms with E-state index in [1.54, 1.807) is 11.1 Å². The summed E-state index contributed by atoms with van der Waals surface area (Å²) in [6, 6.07) is 0. The van der Waals surface area contributed by atoms with Gasteiger partial charge in [0.15, 0.2) is 0 Å². The third-order valence-electron chi connectivity index (χ3n) is 2.23. The molecule has 0 amide bonds. The molecule has 0 atom stereocenters. The minimum absolute atomic E-state index is 1.20. The van der Waals surface area contributed by atoms with Crippen molar-refractivity contribution >= 4 is 0 Å². The Balaban J connectivity index is 2.46. The molecular formula is C10H16. The van der Waals surface area contributed by atoms with Crippen LogP contribution in [0.1, 0.15) is 39.5 Å². The van der Waals surface area contributed by atoms with E-state index in [4.69, 9.17) is 0 Å². The Labute approximate surface area is 63.6 Å². The van der Waals surface area contributed by atoms with Gasteiger partial charge < -0.3 is 0 Å². The van der Waals surface area contributed by atoms with Crippen LogP contribution in [0.15, 0.2) is 23.3 Å². The summed E-state index contributed by atoms with van der Waals surface area (Å²) < 4.78 is 0. The minimum atomic E-state index is 1.20. The van der Waals surface area contributed by atoms with E-state index in [1.165, 1.54) is 25.7 Å². The second-order valence-corrected chi connectivity index (χ2v) is 3.01. The third kappa shape index (κ3) is 1.73. The summed E-state index contributed by atoms with van der Waals surface area (Å²) in [6.45, 7) is 4.36. The van der Waals surface area contributed by atoms with Crippen molar-refractivity contribution in [3.8, 4) is 0 Å². The maximum absolute atomic E-state index is 2.27. The zero-order chi connectivity index (χ0) is 7.40. The van der Waals surface area contributed by atoms with E-state index >= 15 is 0 Å². The first kappa shape index (κ1) is 7.59. The lowest BCUT2D eigenvalue weighted by Crippen LogP contribution is -1.76. The molecule has 1 rings (SSSR count). The van der Waals surface area contributed by atoms with Crippen LogP contribution < -0.4 is 0 Å². The fourth-order valence-corrected chi connectivity index (χ4v) is 1.49. The van der Waals surface area contributed by atoms with Gasteiger partial charge in [-0.2, -0.15) is 0 Å². The van der Waals surface area contributed by atoms with Crippen LogP contribution in [-0.4, -0.2) is 0 Å². The Bertz CT molecular complexity index is 161. The van der Waals surface area contributed by atoms with Crippen molar-refractivity contribution in [2.45, 2.75) is 39.5 Å². The van der Waals surface area contributed by atoms with Gasteiger partial charge in [0.2, 0.25) is 0 Å². The van der Waals surface area contributed by atoms with Crippen molar-refractivity contribution < 1.29 is 0 Å². The molecule has 0 nitrogen and oxygen atoms in total. The highest BCUT2D eigenvalue weighted by Gasteiger charge is 2.07. The van der Waals surface area contributed by atoms with Crippen LogP contribution in [-0.2, 0) is 0 Å². The van der Waals surface area contributed by atoms with Crippen LogP contribution >= 0.6 is 0 Å². The largest absolute Gasteiger partial charge is 0.0913 e. The molecule has 0 aliphatic heterocycles. The van der Waals surface area contributed by atoms with Gasteiger partial charge in [-0.1, -0.05) is 23.3 Å². The molecule has 0 heteroatoms. The zero-order valence-electron chi connectivity index (χ0n) is 6.98. The van der Waals surface area contributed by atoms with E-state index in [0.717, 1.165) is 0 Å². The van der Waals surface area contributed by atoms with Gasteiger partial charge in [0, 0.05) is 0 Å². The van der Waals surface area contributed by atoms with Gasteiger partial charge in [0.25, 0.3) is 0 Å². The van der Waals surface area contributed by atoms with E-state index in [1.807, 2.05) is 0 Å². The predicted molar refractivity (Wildman–Crippen MR) is 46.0 cm³/mol. The summed E-state index contributed by atoms with van der Waals surface area (Å²) >= 11 is 0. The van der Waals surface area contributed by atoms with Crippen LogP contribution in [0.25, 0.3) is 0 Å². The highest BCUT2D eigenvalue weighted by atomic mass is 14.1. The molecule has 0 radical (unpaired) electrons. The minimum Gasteiger partial charge on any atom is -0.0913 e. The highest BCUT2D eigenvalue weighted by Crippen LogP contribution is 2.27. The molecule has 0 N–H and O–H groups in total. The fourth-order valence-electron chi connectivity index (χ4n) is 1.49. The van der Waals surface area contributed by atoms with Crippen LogP contribution in [0.4, 0.5) is 0 Å². The van der Waals surface area contributed by atoms with Gasteiger partial charge in [-0.3, -0.25) is 0 Å². The monoisotopic (exact) mass is 136 g/mol. The van der Waals surface area contributed by atoms with Gasteiger partial charge in [0.05, 0.1) is 0 Å². The molecule has 0 unspecified atom stereocenters. The fraction of sp³-hybridized carbons (Fsp3) is 0.600. The van der Waals surface area contributed by atoms with Gasteiger partial charge in [0.1, 0.15) is 0 Å². The van der Waals surface area contributed by atoms with Gasteiger partial charge >= 0.3 is 0 Å². The van der Waals surface area contributed by atoms with Gasteiger partial charge in [-0.05, 0) is 39.5 Å². The quantitative estimate of drug-likeness (QED) is 0.510. The summed E-state index contributed by atoms with van der Waals surface area (Å²) in [4.78, 5) is 0. The second-order valence-electron chi connectivity index (χ2n) is 3.01. The van der Waals surface area contributed by atoms with E-state index in [0.29, 0.717) is 0 Å². The van der Waals surface area contributed by atoms with Crippen molar-refractivity contribution in [1.82, 2.24) is 0 Å².